The Labute approximate surface area is 112 Å². The van der Waals surface area contributed by atoms with Crippen LogP contribution >= 0.6 is 11.6 Å². The molecular weight excluding hydrogens is 276 g/mol. The largest absolute Gasteiger partial charge is 0.492 e. The lowest BCUT2D eigenvalue weighted by Crippen LogP contribution is -2.24. The van der Waals surface area contributed by atoms with Gasteiger partial charge in [-0.25, -0.2) is 4.98 Å². The van der Waals surface area contributed by atoms with Gasteiger partial charge in [0.15, 0.2) is 11.2 Å². The number of aliphatic hydroxyl groups is 2. The maximum atomic E-state index is 9.71. The van der Waals surface area contributed by atoms with E-state index in [0.717, 1.165) is 0 Å². The van der Waals surface area contributed by atoms with Gasteiger partial charge >= 0.3 is 0 Å². The summed E-state index contributed by atoms with van der Waals surface area (Å²) in [6.45, 7) is -0.273. The van der Waals surface area contributed by atoms with Crippen molar-refractivity contribution in [2.75, 3.05) is 6.61 Å². The summed E-state index contributed by atoms with van der Waals surface area (Å²) in [5, 5.41) is 28.3. The first kappa shape index (κ1) is 12.5. The molecule has 3 heterocycles. The van der Waals surface area contributed by atoms with Crippen molar-refractivity contribution in [3.63, 3.8) is 0 Å². The molecule has 102 valence electrons. The van der Waals surface area contributed by atoms with Crippen LogP contribution in [0.25, 0.3) is 11.2 Å². The van der Waals surface area contributed by atoms with Gasteiger partial charge in [-0.3, -0.25) is 4.57 Å². The van der Waals surface area contributed by atoms with Gasteiger partial charge in [0.1, 0.15) is 12.3 Å². The molecule has 1 aliphatic heterocycles. The summed E-state index contributed by atoms with van der Waals surface area (Å²) in [5.74, 6) is -0.314. The van der Waals surface area contributed by atoms with Gasteiger partial charge in [-0.1, -0.05) is 0 Å². The quantitative estimate of drug-likeness (QED) is 0.657. The van der Waals surface area contributed by atoms with Crippen LogP contribution in [0.4, 0.5) is 0 Å². The molecule has 1 fully saturated rings. The fourth-order valence-electron chi connectivity index (χ4n) is 2.14. The molecule has 1 saturated heterocycles. The fraction of sp³-hybridized carbons (Fsp3) is 0.500. The van der Waals surface area contributed by atoms with Crippen molar-refractivity contribution >= 4 is 22.8 Å². The maximum Gasteiger partial charge on any atom is 0.244 e. The molecule has 3 N–H and O–H groups in total. The van der Waals surface area contributed by atoms with E-state index in [-0.39, 0.29) is 23.3 Å². The summed E-state index contributed by atoms with van der Waals surface area (Å²) in [5.41, 5.74) is 0.517. The van der Waals surface area contributed by atoms with Gasteiger partial charge < -0.3 is 20.1 Å². The standard InChI is InChI=1S/C10H11ClN4O4/c11-10-13-8-7(9(18)14-10)12-3-15(8)6-1-4(17)5(2-16)19-6/h3-6,16-17H,1-2H2,(H,13,14,18)/t4-,5+,6+/m0/s1. The fourth-order valence-corrected chi connectivity index (χ4v) is 2.30. The van der Waals surface area contributed by atoms with Crippen molar-refractivity contribution in [3.8, 4) is 5.88 Å². The highest BCUT2D eigenvalue weighted by molar-refractivity contribution is 6.28. The predicted molar refractivity (Wildman–Crippen MR) is 63.6 cm³/mol. The molecule has 0 bridgehead atoms. The highest BCUT2D eigenvalue weighted by atomic mass is 35.5. The monoisotopic (exact) mass is 286 g/mol. The number of aromatic hydroxyl groups is 1. The zero-order valence-electron chi connectivity index (χ0n) is 9.64. The van der Waals surface area contributed by atoms with Gasteiger partial charge in [-0.15, -0.1) is 0 Å². The van der Waals surface area contributed by atoms with E-state index < -0.39 is 18.4 Å². The van der Waals surface area contributed by atoms with Crippen LogP contribution in [-0.4, -0.2) is 53.7 Å². The molecule has 19 heavy (non-hydrogen) atoms. The third-order valence-corrected chi connectivity index (χ3v) is 3.24. The number of hydrogen-bond donors (Lipinski definition) is 3. The minimum absolute atomic E-state index is 0.107. The number of rotatable bonds is 2. The van der Waals surface area contributed by atoms with Crippen molar-refractivity contribution in [2.45, 2.75) is 24.9 Å². The van der Waals surface area contributed by atoms with Gasteiger partial charge in [0, 0.05) is 6.42 Å². The molecular formula is C10H11ClN4O4. The number of hydrogen-bond acceptors (Lipinski definition) is 7. The smallest absolute Gasteiger partial charge is 0.244 e. The molecule has 0 radical (unpaired) electrons. The van der Waals surface area contributed by atoms with E-state index in [2.05, 4.69) is 15.0 Å². The summed E-state index contributed by atoms with van der Waals surface area (Å²) in [6, 6.07) is 0. The highest BCUT2D eigenvalue weighted by Gasteiger charge is 2.35. The van der Waals surface area contributed by atoms with E-state index in [0.29, 0.717) is 12.1 Å². The second-order valence-corrected chi connectivity index (χ2v) is 4.59. The minimum Gasteiger partial charge on any atom is -0.492 e. The number of ether oxygens (including phenoxy) is 1. The first-order chi connectivity index (χ1) is 9.10. The first-order valence-electron chi connectivity index (χ1n) is 5.63. The van der Waals surface area contributed by atoms with Crippen molar-refractivity contribution < 1.29 is 20.1 Å². The van der Waals surface area contributed by atoms with Crippen LogP contribution in [0.3, 0.4) is 0 Å². The van der Waals surface area contributed by atoms with Gasteiger partial charge in [0.05, 0.1) is 19.0 Å². The van der Waals surface area contributed by atoms with E-state index in [1.807, 2.05) is 0 Å². The molecule has 2 aromatic rings. The number of fused-ring (bicyclic) bond motifs is 1. The molecule has 9 heteroatoms. The minimum atomic E-state index is -0.765. The Kier molecular flexibility index (Phi) is 3.02. The van der Waals surface area contributed by atoms with E-state index in [4.69, 9.17) is 21.4 Å². The predicted octanol–water partition coefficient (Wildman–Crippen LogP) is -0.174. The summed E-state index contributed by atoms with van der Waals surface area (Å²) in [6.07, 6.45) is -0.222. The number of halogens is 1. The number of aromatic nitrogens is 4. The lowest BCUT2D eigenvalue weighted by Gasteiger charge is -2.13. The van der Waals surface area contributed by atoms with Crippen LogP contribution in [0.2, 0.25) is 5.28 Å². The summed E-state index contributed by atoms with van der Waals surface area (Å²) in [7, 11) is 0. The second-order valence-electron chi connectivity index (χ2n) is 4.26. The van der Waals surface area contributed by atoms with Crippen LogP contribution in [0.5, 0.6) is 5.88 Å². The molecule has 0 amide bonds. The molecule has 0 aromatic carbocycles. The Hall–Kier alpha value is -1.48. The zero-order chi connectivity index (χ0) is 13.6. The van der Waals surface area contributed by atoms with Gasteiger partial charge in [-0.05, 0) is 11.6 Å². The van der Waals surface area contributed by atoms with Crippen molar-refractivity contribution in [1.29, 1.82) is 0 Å². The van der Waals surface area contributed by atoms with Crippen LogP contribution in [0, 0.1) is 0 Å². The first-order valence-corrected chi connectivity index (χ1v) is 6.01. The molecule has 0 aliphatic carbocycles. The average Bonchev–Trinajstić information content (AvgIpc) is 2.92. The topological polar surface area (TPSA) is 114 Å². The number of aliphatic hydroxyl groups excluding tert-OH is 2. The molecule has 3 rings (SSSR count). The van der Waals surface area contributed by atoms with Gasteiger partial charge in [-0.2, -0.15) is 9.97 Å². The summed E-state index contributed by atoms with van der Waals surface area (Å²) >= 11 is 5.69. The Morgan fingerprint density at radius 1 is 1.47 bits per heavy atom. The van der Waals surface area contributed by atoms with Crippen LogP contribution in [-0.2, 0) is 4.74 Å². The van der Waals surface area contributed by atoms with Crippen LogP contribution in [0.1, 0.15) is 12.6 Å². The lowest BCUT2D eigenvalue weighted by atomic mass is 10.2. The van der Waals surface area contributed by atoms with Crippen molar-refractivity contribution in [2.24, 2.45) is 0 Å². The van der Waals surface area contributed by atoms with Crippen LogP contribution in [0.15, 0.2) is 6.33 Å². The molecule has 2 aromatic heterocycles. The Morgan fingerprint density at radius 3 is 2.95 bits per heavy atom. The molecule has 1 aliphatic rings. The van der Waals surface area contributed by atoms with Gasteiger partial charge in [0.25, 0.3) is 0 Å². The molecule has 8 nitrogen and oxygen atoms in total. The Balaban J connectivity index is 2.02. The third-order valence-electron chi connectivity index (χ3n) is 3.07. The maximum absolute atomic E-state index is 9.71. The molecule has 0 spiro atoms. The average molecular weight is 287 g/mol. The number of imidazole rings is 1. The van der Waals surface area contributed by atoms with Crippen LogP contribution < -0.4 is 0 Å². The van der Waals surface area contributed by atoms with E-state index >= 15 is 0 Å². The normalized spacial score (nSPS) is 27.2. The summed E-state index contributed by atoms with van der Waals surface area (Å²) < 4.78 is 7.04. The highest BCUT2D eigenvalue weighted by Crippen LogP contribution is 2.32. The Morgan fingerprint density at radius 2 is 2.26 bits per heavy atom. The SMILES string of the molecule is OC[C@H]1O[C@@H](n2cnc3c(O)nc(Cl)nc32)C[C@@H]1O. The second kappa shape index (κ2) is 4.57. The van der Waals surface area contributed by atoms with E-state index in [1.165, 1.54) is 6.33 Å². The molecule has 3 atom stereocenters. The Bertz CT molecular complexity index is 619. The molecule has 0 unspecified atom stereocenters. The third kappa shape index (κ3) is 2.02. The van der Waals surface area contributed by atoms with Crippen molar-refractivity contribution in [3.05, 3.63) is 11.6 Å². The molecule has 0 saturated carbocycles. The van der Waals surface area contributed by atoms with Crippen molar-refractivity contribution in [1.82, 2.24) is 19.5 Å². The zero-order valence-corrected chi connectivity index (χ0v) is 10.4. The van der Waals surface area contributed by atoms with E-state index in [9.17, 15) is 10.2 Å². The summed E-state index contributed by atoms with van der Waals surface area (Å²) in [4.78, 5) is 11.6. The number of nitrogens with zero attached hydrogens (tertiary/aromatic N) is 4. The lowest BCUT2D eigenvalue weighted by molar-refractivity contribution is -0.0432. The van der Waals surface area contributed by atoms with Gasteiger partial charge in [0.2, 0.25) is 11.2 Å². The van der Waals surface area contributed by atoms with E-state index in [1.54, 1.807) is 4.57 Å².